The van der Waals surface area contributed by atoms with E-state index in [0.29, 0.717) is 34.4 Å². The highest BCUT2D eigenvalue weighted by Crippen LogP contribution is 2.41. The minimum atomic E-state index is -0.516. The van der Waals surface area contributed by atoms with E-state index in [1.54, 1.807) is 18.0 Å². The fraction of sp³-hybridized carbons (Fsp3) is 0.250. The second-order valence-corrected chi connectivity index (χ2v) is 9.04. The van der Waals surface area contributed by atoms with Crippen LogP contribution in [0.15, 0.2) is 48.8 Å². The van der Waals surface area contributed by atoms with E-state index in [1.165, 1.54) is 19.4 Å². The van der Waals surface area contributed by atoms with Crippen LogP contribution in [-0.2, 0) is 0 Å². The molecule has 0 radical (unpaired) electrons. The Hall–Kier alpha value is -3.89. The molecule has 0 spiro atoms. The third-order valence-electron chi connectivity index (χ3n) is 6.10. The van der Waals surface area contributed by atoms with E-state index >= 15 is 0 Å². The lowest BCUT2D eigenvalue weighted by molar-refractivity contribution is -0.384. The molecule has 35 heavy (non-hydrogen) atoms. The van der Waals surface area contributed by atoms with Gasteiger partial charge in [0.2, 0.25) is 5.95 Å². The molecule has 0 aliphatic heterocycles. The number of fused-ring (bicyclic) bond motifs is 1. The number of likely N-dealkylation sites (N-methyl/N-ethyl adjacent to an activating group) is 1. The molecule has 0 fully saturated rings. The maximum atomic E-state index is 12.0. The fourth-order valence-electron chi connectivity index (χ4n) is 3.71. The number of hydrogen-bond donors (Lipinski definition) is 3. The molecule has 0 atom stereocenters. The number of nitro groups is 1. The van der Waals surface area contributed by atoms with E-state index in [0.717, 1.165) is 16.5 Å². The van der Waals surface area contributed by atoms with Crippen LogP contribution < -0.4 is 20.7 Å². The Labute approximate surface area is 207 Å². The summed E-state index contributed by atoms with van der Waals surface area (Å²) in [7, 11) is 3.25. The Balaban J connectivity index is 1.77. The summed E-state index contributed by atoms with van der Waals surface area (Å²) in [6, 6.07) is 10.8. The SMILES string of the molecule is COc1cc(N(C)C(C)(C)CN)c([N+](=O)[O-])cc1Nc1ncc(Cl)c(-c2c[nH]c3ccccc23)n1. The Morgan fingerprint density at radius 1 is 1.31 bits per heavy atom. The quantitative estimate of drug-likeness (QED) is 0.226. The van der Waals surface area contributed by atoms with Crippen molar-refractivity contribution in [3.63, 3.8) is 0 Å². The minimum Gasteiger partial charge on any atom is -0.494 e. The lowest BCUT2D eigenvalue weighted by Crippen LogP contribution is -2.47. The smallest absolute Gasteiger partial charge is 0.294 e. The first-order valence-corrected chi connectivity index (χ1v) is 11.2. The molecule has 0 bridgehead atoms. The van der Waals surface area contributed by atoms with Crippen LogP contribution in [0.5, 0.6) is 5.75 Å². The molecule has 0 unspecified atom stereocenters. The van der Waals surface area contributed by atoms with E-state index in [-0.39, 0.29) is 11.6 Å². The molecule has 0 saturated carbocycles. The Kier molecular flexibility index (Phi) is 6.51. The highest BCUT2D eigenvalue weighted by molar-refractivity contribution is 6.33. The van der Waals surface area contributed by atoms with Crippen molar-refractivity contribution in [3.05, 3.63) is 63.9 Å². The average Bonchev–Trinajstić information content (AvgIpc) is 3.28. The third kappa shape index (κ3) is 4.58. The van der Waals surface area contributed by atoms with Gasteiger partial charge in [-0.3, -0.25) is 10.1 Å². The van der Waals surface area contributed by atoms with Gasteiger partial charge in [0.15, 0.2) is 0 Å². The summed E-state index contributed by atoms with van der Waals surface area (Å²) in [6.07, 6.45) is 3.32. The van der Waals surface area contributed by atoms with Gasteiger partial charge in [-0.25, -0.2) is 9.97 Å². The topological polar surface area (TPSA) is 135 Å². The van der Waals surface area contributed by atoms with Crippen LogP contribution in [0, 0.1) is 10.1 Å². The molecule has 0 saturated heterocycles. The summed E-state index contributed by atoms with van der Waals surface area (Å²) in [5.74, 6) is 0.600. The number of nitrogens with zero attached hydrogens (tertiary/aromatic N) is 4. The summed E-state index contributed by atoms with van der Waals surface area (Å²) < 4.78 is 5.54. The van der Waals surface area contributed by atoms with Crippen molar-refractivity contribution in [2.24, 2.45) is 5.73 Å². The number of rotatable bonds is 8. The molecule has 11 heteroatoms. The second kappa shape index (κ2) is 9.40. The summed E-state index contributed by atoms with van der Waals surface area (Å²) >= 11 is 6.43. The first-order chi connectivity index (χ1) is 16.7. The molecule has 0 amide bonds. The molecule has 0 aliphatic rings. The van der Waals surface area contributed by atoms with Crippen LogP contribution in [0.1, 0.15) is 13.8 Å². The first-order valence-electron chi connectivity index (χ1n) is 10.8. The van der Waals surface area contributed by atoms with Crippen LogP contribution in [0.4, 0.5) is 23.0 Å². The predicted octanol–water partition coefficient (Wildman–Crippen LogP) is 5.11. The van der Waals surface area contributed by atoms with Crippen LogP contribution >= 0.6 is 11.6 Å². The highest BCUT2D eigenvalue weighted by Gasteiger charge is 2.30. The largest absolute Gasteiger partial charge is 0.494 e. The van der Waals surface area contributed by atoms with Gasteiger partial charge in [-0.05, 0) is 19.9 Å². The maximum Gasteiger partial charge on any atom is 0.294 e. The molecule has 2 aromatic carbocycles. The lowest BCUT2D eigenvalue weighted by atomic mass is 10.0. The van der Waals surface area contributed by atoms with E-state index in [9.17, 15) is 10.1 Å². The molecular formula is C24H26ClN7O3. The van der Waals surface area contributed by atoms with Gasteiger partial charge >= 0.3 is 0 Å². The molecular weight excluding hydrogens is 470 g/mol. The monoisotopic (exact) mass is 495 g/mol. The minimum absolute atomic E-state index is 0.108. The van der Waals surface area contributed by atoms with Crippen molar-refractivity contribution in [2.45, 2.75) is 19.4 Å². The normalized spacial score (nSPS) is 11.5. The van der Waals surface area contributed by atoms with Crippen molar-refractivity contribution in [2.75, 3.05) is 30.9 Å². The van der Waals surface area contributed by atoms with Crippen molar-refractivity contribution in [1.82, 2.24) is 15.0 Å². The molecule has 0 aliphatic carbocycles. The van der Waals surface area contributed by atoms with Gasteiger partial charge in [0.05, 0.1) is 34.6 Å². The summed E-state index contributed by atoms with van der Waals surface area (Å²) in [6.45, 7) is 4.12. The zero-order valence-corrected chi connectivity index (χ0v) is 20.6. The summed E-state index contributed by atoms with van der Waals surface area (Å²) in [4.78, 5) is 25.3. The number of halogens is 1. The second-order valence-electron chi connectivity index (χ2n) is 8.64. The average molecular weight is 496 g/mol. The van der Waals surface area contributed by atoms with Crippen LogP contribution in [0.25, 0.3) is 22.2 Å². The predicted molar refractivity (Wildman–Crippen MR) is 139 cm³/mol. The molecule has 182 valence electrons. The molecule has 10 nitrogen and oxygen atoms in total. The lowest BCUT2D eigenvalue weighted by Gasteiger charge is -2.36. The van der Waals surface area contributed by atoms with Crippen LogP contribution in [-0.4, -0.2) is 46.1 Å². The number of para-hydroxylation sites is 1. The van der Waals surface area contributed by atoms with Gasteiger partial charge in [0, 0.05) is 53.9 Å². The fourth-order valence-corrected chi connectivity index (χ4v) is 3.90. The number of hydrogen-bond acceptors (Lipinski definition) is 8. The van der Waals surface area contributed by atoms with E-state index < -0.39 is 10.5 Å². The molecule has 2 heterocycles. The number of benzene rings is 2. The highest BCUT2D eigenvalue weighted by atomic mass is 35.5. The van der Waals surface area contributed by atoms with Crippen LogP contribution in [0.3, 0.4) is 0 Å². The Morgan fingerprint density at radius 2 is 2.06 bits per heavy atom. The van der Waals surface area contributed by atoms with Gasteiger partial charge < -0.3 is 25.7 Å². The Bertz CT molecular complexity index is 1400. The molecule has 4 aromatic rings. The van der Waals surface area contributed by atoms with Crippen molar-refractivity contribution < 1.29 is 9.66 Å². The summed E-state index contributed by atoms with van der Waals surface area (Å²) in [5, 5.41) is 16.3. The standard InChI is InChI=1S/C24H26ClN7O3/c1-24(2,13-26)31(3)19-10-21(35-4)18(9-20(19)32(33)34)29-23-28-12-16(25)22(30-23)15-11-27-17-8-6-5-7-14(15)17/h5-12,27H,13,26H2,1-4H3,(H,28,29,30). The van der Waals surface area contributed by atoms with Crippen molar-refractivity contribution >= 4 is 45.5 Å². The van der Waals surface area contributed by atoms with Crippen molar-refractivity contribution in [3.8, 4) is 17.0 Å². The summed E-state index contributed by atoms with van der Waals surface area (Å²) in [5.41, 5.74) is 8.27. The zero-order chi connectivity index (χ0) is 25.3. The van der Waals surface area contributed by atoms with Gasteiger partial charge in [0.25, 0.3) is 5.69 Å². The van der Waals surface area contributed by atoms with Gasteiger partial charge in [-0.15, -0.1) is 0 Å². The first kappa shape index (κ1) is 24.2. The van der Waals surface area contributed by atoms with Gasteiger partial charge in [0.1, 0.15) is 11.4 Å². The molecule has 2 aromatic heterocycles. The number of ether oxygens (including phenoxy) is 1. The Morgan fingerprint density at radius 3 is 2.74 bits per heavy atom. The number of aromatic nitrogens is 3. The van der Waals surface area contributed by atoms with Gasteiger partial charge in [-0.1, -0.05) is 29.8 Å². The number of nitrogens with one attached hydrogen (secondary N) is 2. The molecule has 4 N–H and O–H groups in total. The zero-order valence-electron chi connectivity index (χ0n) is 19.8. The number of anilines is 3. The number of H-pyrrole nitrogens is 1. The van der Waals surface area contributed by atoms with Crippen molar-refractivity contribution in [1.29, 1.82) is 0 Å². The molecule has 4 rings (SSSR count). The number of methoxy groups -OCH3 is 1. The van der Waals surface area contributed by atoms with E-state index in [1.807, 2.05) is 44.3 Å². The third-order valence-corrected chi connectivity index (χ3v) is 6.37. The number of nitrogens with two attached hydrogens (primary N) is 1. The van der Waals surface area contributed by atoms with E-state index in [2.05, 4.69) is 20.3 Å². The maximum absolute atomic E-state index is 12.0. The van der Waals surface area contributed by atoms with Crippen LogP contribution in [0.2, 0.25) is 5.02 Å². The van der Waals surface area contributed by atoms with E-state index in [4.69, 9.17) is 22.1 Å². The number of aromatic amines is 1. The van der Waals surface area contributed by atoms with Gasteiger partial charge in [-0.2, -0.15) is 0 Å². The number of nitro benzene ring substituents is 1.